The van der Waals surface area contributed by atoms with Crippen LogP contribution in [-0.4, -0.2) is 58.9 Å². The first-order valence-electron chi connectivity index (χ1n) is 8.95. The van der Waals surface area contributed by atoms with E-state index in [1.165, 1.54) is 6.92 Å². The predicted molar refractivity (Wildman–Crippen MR) is 101 cm³/mol. The molecule has 4 unspecified atom stereocenters. The van der Waals surface area contributed by atoms with Gasteiger partial charge in [-0.15, -0.1) is 0 Å². The van der Waals surface area contributed by atoms with Gasteiger partial charge in [-0.05, 0) is 18.8 Å². The lowest BCUT2D eigenvalue weighted by Gasteiger charge is -2.26. The zero-order chi connectivity index (χ0) is 22.2. The number of nitrogens with one attached hydrogen (secondary N) is 3. The molecule has 4 atom stereocenters. The van der Waals surface area contributed by atoms with E-state index >= 15 is 0 Å². The van der Waals surface area contributed by atoms with Gasteiger partial charge < -0.3 is 32.5 Å². The maximum absolute atomic E-state index is 12.5. The van der Waals surface area contributed by atoms with Crippen LogP contribution in [0.4, 0.5) is 0 Å². The first-order valence-corrected chi connectivity index (χ1v) is 8.95. The van der Waals surface area contributed by atoms with Gasteiger partial charge in [0, 0.05) is 0 Å². The maximum atomic E-state index is 12.5. The van der Waals surface area contributed by atoms with Crippen molar-refractivity contribution in [2.75, 3.05) is 0 Å². The van der Waals surface area contributed by atoms with Crippen molar-refractivity contribution < 1.29 is 29.1 Å². The summed E-state index contributed by atoms with van der Waals surface area (Å²) in [6.07, 6.45) is -0.584. The Bertz CT molecular complexity index is 607. The van der Waals surface area contributed by atoms with Crippen molar-refractivity contribution in [2.45, 2.75) is 65.2 Å². The summed E-state index contributed by atoms with van der Waals surface area (Å²) in [5.41, 5.74) is 10.7. The topological polar surface area (TPSA) is 194 Å². The molecule has 0 spiro atoms. The highest BCUT2D eigenvalue weighted by Crippen LogP contribution is 2.05. The van der Waals surface area contributed by atoms with Gasteiger partial charge in [-0.3, -0.25) is 19.2 Å². The lowest BCUT2D eigenvalue weighted by atomic mass is 10.00. The molecule has 0 saturated heterocycles. The monoisotopic (exact) mass is 401 g/mol. The van der Waals surface area contributed by atoms with Gasteiger partial charge in [-0.25, -0.2) is 4.79 Å². The Morgan fingerprint density at radius 1 is 0.821 bits per heavy atom. The molecular weight excluding hydrogens is 370 g/mol. The minimum Gasteiger partial charge on any atom is -0.480 e. The summed E-state index contributed by atoms with van der Waals surface area (Å²) >= 11 is 0. The molecule has 0 aliphatic rings. The Labute approximate surface area is 164 Å². The number of carboxylic acid groups (broad SMARTS) is 1. The number of nitrogens with two attached hydrogens (primary N) is 2. The van der Waals surface area contributed by atoms with Crippen molar-refractivity contribution in [3.05, 3.63) is 0 Å². The highest BCUT2D eigenvalue weighted by molar-refractivity contribution is 5.94. The van der Waals surface area contributed by atoms with Crippen LogP contribution in [0, 0.1) is 11.8 Å². The standard InChI is InChI=1S/C17H31N5O6/c1-7(2)12(19)15(25)22-13(8(3)4)16(26)20-9(5)14(24)21-10(17(27)28)6-11(18)23/h7-10,12-13H,6,19H2,1-5H3,(H2,18,23)(H,20,26)(H,21,24)(H,22,25)(H,27,28). The third-order valence-corrected chi connectivity index (χ3v) is 4.04. The molecule has 0 aliphatic heterocycles. The molecule has 0 radical (unpaired) electrons. The largest absolute Gasteiger partial charge is 0.480 e. The average molecular weight is 401 g/mol. The van der Waals surface area contributed by atoms with E-state index in [0.29, 0.717) is 0 Å². The molecule has 0 rings (SSSR count). The van der Waals surface area contributed by atoms with E-state index < -0.39 is 60.2 Å². The Morgan fingerprint density at radius 2 is 1.36 bits per heavy atom. The molecule has 4 amide bonds. The van der Waals surface area contributed by atoms with Crippen LogP contribution >= 0.6 is 0 Å². The van der Waals surface area contributed by atoms with Crippen molar-refractivity contribution in [3.8, 4) is 0 Å². The van der Waals surface area contributed by atoms with Gasteiger partial charge in [0.15, 0.2) is 0 Å². The Morgan fingerprint density at radius 3 is 1.75 bits per heavy atom. The first-order chi connectivity index (χ1) is 12.8. The van der Waals surface area contributed by atoms with Crippen LogP contribution in [-0.2, 0) is 24.0 Å². The summed E-state index contributed by atoms with van der Waals surface area (Å²) in [5, 5.41) is 16.1. The van der Waals surface area contributed by atoms with Crippen LogP contribution in [0.3, 0.4) is 0 Å². The third-order valence-electron chi connectivity index (χ3n) is 4.04. The Balaban J connectivity index is 5.01. The number of carbonyl (C=O) groups excluding carboxylic acids is 4. The molecule has 11 nitrogen and oxygen atoms in total. The molecule has 28 heavy (non-hydrogen) atoms. The fraction of sp³-hybridized carbons (Fsp3) is 0.706. The lowest BCUT2D eigenvalue weighted by Crippen LogP contribution is -2.58. The number of hydrogen-bond acceptors (Lipinski definition) is 6. The van der Waals surface area contributed by atoms with Crippen LogP contribution in [0.2, 0.25) is 0 Å². The van der Waals surface area contributed by atoms with Crippen molar-refractivity contribution >= 4 is 29.6 Å². The SMILES string of the molecule is CC(NC(=O)C(NC(=O)C(N)C(C)C)C(C)C)C(=O)NC(CC(N)=O)C(=O)O. The molecule has 0 aliphatic carbocycles. The molecule has 0 saturated carbocycles. The number of rotatable bonds is 11. The van der Waals surface area contributed by atoms with Gasteiger partial charge in [-0.1, -0.05) is 27.7 Å². The van der Waals surface area contributed by atoms with Crippen molar-refractivity contribution in [1.29, 1.82) is 0 Å². The minimum atomic E-state index is -1.51. The van der Waals surface area contributed by atoms with E-state index in [4.69, 9.17) is 16.6 Å². The zero-order valence-corrected chi connectivity index (χ0v) is 16.8. The van der Waals surface area contributed by atoms with Crippen LogP contribution in [0.5, 0.6) is 0 Å². The second-order valence-corrected chi connectivity index (χ2v) is 7.30. The van der Waals surface area contributed by atoms with Crippen LogP contribution in [0.15, 0.2) is 0 Å². The third kappa shape index (κ3) is 8.33. The Kier molecular flexibility index (Phi) is 10.1. The fourth-order valence-electron chi connectivity index (χ4n) is 2.15. The minimum absolute atomic E-state index is 0.126. The normalized spacial score (nSPS) is 15.3. The highest BCUT2D eigenvalue weighted by Gasteiger charge is 2.30. The summed E-state index contributed by atoms with van der Waals surface area (Å²) in [7, 11) is 0. The molecule has 0 aromatic rings. The summed E-state index contributed by atoms with van der Waals surface area (Å²) in [5.74, 6) is -4.67. The van der Waals surface area contributed by atoms with E-state index in [9.17, 15) is 24.0 Å². The fourth-order valence-corrected chi connectivity index (χ4v) is 2.15. The smallest absolute Gasteiger partial charge is 0.326 e. The average Bonchev–Trinajstić information content (AvgIpc) is 2.56. The first kappa shape index (κ1) is 25.3. The summed E-state index contributed by atoms with van der Waals surface area (Å²) in [4.78, 5) is 58.8. The maximum Gasteiger partial charge on any atom is 0.326 e. The molecule has 0 bridgehead atoms. The van der Waals surface area contributed by atoms with Gasteiger partial charge in [0.1, 0.15) is 18.1 Å². The van der Waals surface area contributed by atoms with E-state index in [2.05, 4.69) is 16.0 Å². The van der Waals surface area contributed by atoms with E-state index in [1.54, 1.807) is 27.7 Å². The second-order valence-electron chi connectivity index (χ2n) is 7.30. The van der Waals surface area contributed by atoms with Gasteiger partial charge >= 0.3 is 5.97 Å². The molecule has 11 heteroatoms. The number of hydrogen-bond donors (Lipinski definition) is 6. The molecule has 160 valence electrons. The van der Waals surface area contributed by atoms with E-state index in [1.807, 2.05) is 0 Å². The predicted octanol–water partition coefficient (Wildman–Crippen LogP) is -1.94. The molecule has 0 aromatic carbocycles. The number of amides is 4. The number of carboxylic acids is 1. The van der Waals surface area contributed by atoms with Crippen molar-refractivity contribution in [1.82, 2.24) is 16.0 Å². The van der Waals surface area contributed by atoms with E-state index in [-0.39, 0.29) is 11.8 Å². The van der Waals surface area contributed by atoms with Crippen LogP contribution in [0.1, 0.15) is 41.0 Å². The van der Waals surface area contributed by atoms with Crippen molar-refractivity contribution in [2.24, 2.45) is 23.3 Å². The van der Waals surface area contributed by atoms with Crippen LogP contribution in [0.25, 0.3) is 0 Å². The van der Waals surface area contributed by atoms with Gasteiger partial charge in [0.05, 0.1) is 12.5 Å². The molecular formula is C17H31N5O6. The second kappa shape index (κ2) is 11.2. The Hall–Kier alpha value is -2.69. The number of carbonyl (C=O) groups is 5. The van der Waals surface area contributed by atoms with Crippen LogP contribution < -0.4 is 27.4 Å². The summed E-state index contributed by atoms with van der Waals surface area (Å²) < 4.78 is 0. The zero-order valence-electron chi connectivity index (χ0n) is 16.8. The van der Waals surface area contributed by atoms with Gasteiger partial charge in [-0.2, -0.15) is 0 Å². The summed E-state index contributed by atoms with van der Waals surface area (Å²) in [6, 6.07) is -4.35. The molecule has 8 N–H and O–H groups in total. The molecule has 0 heterocycles. The lowest BCUT2D eigenvalue weighted by molar-refractivity contribution is -0.143. The summed E-state index contributed by atoms with van der Waals surface area (Å²) in [6.45, 7) is 8.31. The number of aliphatic carboxylic acids is 1. The number of primary amides is 1. The van der Waals surface area contributed by atoms with Crippen molar-refractivity contribution in [3.63, 3.8) is 0 Å². The van der Waals surface area contributed by atoms with Gasteiger partial charge in [0.2, 0.25) is 23.6 Å². The molecule has 0 aromatic heterocycles. The highest BCUT2D eigenvalue weighted by atomic mass is 16.4. The van der Waals surface area contributed by atoms with E-state index in [0.717, 1.165) is 0 Å². The van der Waals surface area contributed by atoms with Gasteiger partial charge in [0.25, 0.3) is 0 Å². The molecule has 0 fully saturated rings. The quantitative estimate of drug-likeness (QED) is 0.232.